The molecule has 1 aromatic heterocycles. The Hall–Kier alpha value is -3.15. The molecular formula is C26H30N4O2. The first-order valence-corrected chi connectivity index (χ1v) is 11.7. The smallest absolute Gasteiger partial charge is 0.276 e. The van der Waals surface area contributed by atoms with E-state index in [0.717, 1.165) is 68.7 Å². The molecule has 1 aliphatic heterocycles. The van der Waals surface area contributed by atoms with Gasteiger partial charge in [-0.2, -0.15) is 0 Å². The van der Waals surface area contributed by atoms with E-state index in [1.807, 2.05) is 52.0 Å². The van der Waals surface area contributed by atoms with Crippen LogP contribution < -0.4 is 4.74 Å². The molecule has 0 N–H and O–H groups in total. The summed E-state index contributed by atoms with van der Waals surface area (Å²) in [4.78, 5) is 15.3. The van der Waals surface area contributed by atoms with Gasteiger partial charge in [-0.05, 0) is 74.3 Å². The molecule has 2 aromatic carbocycles. The Morgan fingerprint density at radius 2 is 1.72 bits per heavy atom. The van der Waals surface area contributed by atoms with E-state index >= 15 is 0 Å². The lowest BCUT2D eigenvalue weighted by Crippen LogP contribution is -2.39. The number of para-hydroxylation sites is 1. The molecule has 0 radical (unpaired) electrons. The summed E-state index contributed by atoms with van der Waals surface area (Å²) in [5, 5.41) is 8.71. The van der Waals surface area contributed by atoms with Crippen LogP contribution in [0.2, 0.25) is 0 Å². The van der Waals surface area contributed by atoms with E-state index in [9.17, 15) is 4.79 Å². The molecule has 2 heterocycles. The second-order valence-electron chi connectivity index (χ2n) is 8.97. The molecule has 1 amide bonds. The molecule has 0 spiro atoms. The average Bonchev–Trinajstić information content (AvgIpc) is 3.61. The number of rotatable bonds is 7. The van der Waals surface area contributed by atoms with E-state index in [1.54, 1.807) is 7.11 Å². The summed E-state index contributed by atoms with van der Waals surface area (Å²) < 4.78 is 7.11. The van der Waals surface area contributed by atoms with Crippen molar-refractivity contribution in [2.24, 2.45) is 5.92 Å². The van der Waals surface area contributed by atoms with Crippen molar-refractivity contribution in [3.63, 3.8) is 0 Å². The SMILES string of the molecule is COc1ccc(CCC2CCN(C(=O)c3nnn(-c4ccccc4)c3C3CC3)CC2)cc1. The molecule has 166 valence electrons. The molecule has 2 fully saturated rings. The minimum Gasteiger partial charge on any atom is -0.497 e. The largest absolute Gasteiger partial charge is 0.497 e. The van der Waals surface area contributed by atoms with Crippen molar-refractivity contribution >= 4 is 5.91 Å². The first-order chi connectivity index (χ1) is 15.7. The van der Waals surface area contributed by atoms with Crippen molar-refractivity contribution in [1.82, 2.24) is 19.9 Å². The summed E-state index contributed by atoms with van der Waals surface area (Å²) in [6, 6.07) is 18.3. The summed E-state index contributed by atoms with van der Waals surface area (Å²) in [6.45, 7) is 1.60. The first kappa shape index (κ1) is 20.7. The lowest BCUT2D eigenvalue weighted by molar-refractivity contribution is 0.0679. The number of carbonyl (C=O) groups excluding carboxylic acids is 1. The highest BCUT2D eigenvalue weighted by Crippen LogP contribution is 2.42. The Morgan fingerprint density at radius 3 is 2.38 bits per heavy atom. The maximum Gasteiger partial charge on any atom is 0.276 e. The summed E-state index contributed by atoms with van der Waals surface area (Å²) >= 11 is 0. The van der Waals surface area contributed by atoms with Crippen molar-refractivity contribution in [1.29, 1.82) is 0 Å². The normalized spacial score (nSPS) is 16.8. The van der Waals surface area contributed by atoms with E-state index in [4.69, 9.17) is 4.74 Å². The van der Waals surface area contributed by atoms with Crippen LogP contribution in [-0.4, -0.2) is 46.0 Å². The second-order valence-corrected chi connectivity index (χ2v) is 8.97. The van der Waals surface area contributed by atoms with Crippen molar-refractivity contribution in [3.05, 3.63) is 71.5 Å². The number of nitrogens with zero attached hydrogens (tertiary/aromatic N) is 4. The predicted molar refractivity (Wildman–Crippen MR) is 123 cm³/mol. The molecule has 0 atom stereocenters. The predicted octanol–water partition coefficient (Wildman–Crippen LogP) is 4.64. The Labute approximate surface area is 189 Å². The van der Waals surface area contributed by atoms with Gasteiger partial charge in [0.2, 0.25) is 0 Å². The maximum atomic E-state index is 13.3. The van der Waals surface area contributed by atoms with Crippen LogP contribution in [0.1, 0.15) is 59.8 Å². The fourth-order valence-corrected chi connectivity index (χ4v) is 4.66. The Morgan fingerprint density at radius 1 is 1.00 bits per heavy atom. The van der Waals surface area contributed by atoms with Crippen LogP contribution >= 0.6 is 0 Å². The van der Waals surface area contributed by atoms with Crippen molar-refractivity contribution in [2.45, 2.75) is 44.4 Å². The Balaban J connectivity index is 1.21. The number of hydrogen-bond acceptors (Lipinski definition) is 4. The Bertz CT molecular complexity index is 1050. The number of methoxy groups -OCH3 is 1. The lowest BCUT2D eigenvalue weighted by atomic mass is 9.90. The van der Waals surface area contributed by atoms with E-state index in [-0.39, 0.29) is 5.91 Å². The molecule has 2 aliphatic rings. The van der Waals surface area contributed by atoms with Crippen LogP contribution in [0.15, 0.2) is 54.6 Å². The van der Waals surface area contributed by atoms with Gasteiger partial charge in [0.15, 0.2) is 5.69 Å². The Kier molecular flexibility index (Phi) is 5.93. The van der Waals surface area contributed by atoms with E-state index < -0.39 is 0 Å². The van der Waals surface area contributed by atoms with E-state index in [1.165, 1.54) is 5.56 Å². The highest BCUT2D eigenvalue weighted by Gasteiger charge is 2.36. The molecule has 5 rings (SSSR count). The van der Waals surface area contributed by atoms with Crippen LogP contribution in [0.5, 0.6) is 5.75 Å². The number of likely N-dealkylation sites (tertiary alicyclic amines) is 1. The highest BCUT2D eigenvalue weighted by molar-refractivity contribution is 5.93. The van der Waals surface area contributed by atoms with Gasteiger partial charge < -0.3 is 9.64 Å². The average molecular weight is 431 g/mol. The summed E-state index contributed by atoms with van der Waals surface area (Å²) in [6.07, 6.45) is 6.54. The van der Waals surface area contributed by atoms with E-state index in [2.05, 4.69) is 22.4 Å². The summed E-state index contributed by atoms with van der Waals surface area (Å²) in [5.41, 5.74) is 3.85. The van der Waals surface area contributed by atoms with Crippen molar-refractivity contribution < 1.29 is 9.53 Å². The van der Waals surface area contributed by atoms with E-state index in [0.29, 0.717) is 17.5 Å². The minimum absolute atomic E-state index is 0.0442. The third-order valence-corrected chi connectivity index (χ3v) is 6.77. The van der Waals surface area contributed by atoms with Gasteiger partial charge in [-0.1, -0.05) is 35.5 Å². The number of hydrogen-bond donors (Lipinski definition) is 0. The van der Waals surface area contributed by atoms with Gasteiger partial charge in [0.25, 0.3) is 5.91 Å². The molecule has 6 nitrogen and oxygen atoms in total. The molecular weight excluding hydrogens is 400 g/mol. The number of amides is 1. The van der Waals surface area contributed by atoms with Crippen LogP contribution in [0.4, 0.5) is 0 Å². The van der Waals surface area contributed by atoms with Crippen molar-refractivity contribution in [3.8, 4) is 11.4 Å². The fraction of sp³-hybridized carbons (Fsp3) is 0.423. The molecule has 1 saturated heterocycles. The molecule has 1 saturated carbocycles. The zero-order valence-electron chi connectivity index (χ0n) is 18.6. The summed E-state index contributed by atoms with van der Waals surface area (Å²) in [5.74, 6) is 1.99. The maximum absolute atomic E-state index is 13.3. The van der Waals surface area contributed by atoms with Crippen LogP contribution in [0.3, 0.4) is 0 Å². The topological polar surface area (TPSA) is 60.2 Å². The monoisotopic (exact) mass is 430 g/mol. The minimum atomic E-state index is 0.0442. The van der Waals surface area contributed by atoms with Crippen molar-refractivity contribution in [2.75, 3.05) is 20.2 Å². The quantitative estimate of drug-likeness (QED) is 0.548. The van der Waals surface area contributed by atoms with Crippen LogP contribution in [0.25, 0.3) is 5.69 Å². The van der Waals surface area contributed by atoms with Gasteiger partial charge in [-0.25, -0.2) is 4.68 Å². The lowest BCUT2D eigenvalue weighted by Gasteiger charge is -2.31. The van der Waals surface area contributed by atoms with Gasteiger partial charge in [0.05, 0.1) is 18.5 Å². The van der Waals surface area contributed by atoms with Gasteiger partial charge in [-0.15, -0.1) is 5.10 Å². The highest BCUT2D eigenvalue weighted by atomic mass is 16.5. The number of aromatic nitrogens is 3. The zero-order valence-corrected chi connectivity index (χ0v) is 18.6. The molecule has 1 aliphatic carbocycles. The third-order valence-electron chi connectivity index (χ3n) is 6.77. The number of ether oxygens (including phenoxy) is 1. The molecule has 3 aromatic rings. The molecule has 0 unspecified atom stereocenters. The molecule has 0 bridgehead atoms. The number of benzene rings is 2. The van der Waals surface area contributed by atoms with Gasteiger partial charge in [0.1, 0.15) is 5.75 Å². The standard InChI is InChI=1S/C26H30N4O2/c1-32-23-13-9-19(10-14-23)7-8-20-15-17-29(18-16-20)26(31)24-25(21-11-12-21)30(28-27-24)22-5-3-2-4-6-22/h2-6,9-10,13-14,20-21H,7-8,11-12,15-18H2,1H3. The number of carbonyl (C=O) groups is 1. The fourth-order valence-electron chi connectivity index (χ4n) is 4.66. The summed E-state index contributed by atoms with van der Waals surface area (Å²) in [7, 11) is 1.69. The second kappa shape index (κ2) is 9.15. The number of piperidine rings is 1. The van der Waals surface area contributed by atoms with Gasteiger partial charge in [0, 0.05) is 19.0 Å². The molecule has 6 heteroatoms. The molecule has 32 heavy (non-hydrogen) atoms. The van der Waals surface area contributed by atoms with Gasteiger partial charge in [-0.3, -0.25) is 4.79 Å². The first-order valence-electron chi connectivity index (χ1n) is 11.7. The van der Waals surface area contributed by atoms with Gasteiger partial charge >= 0.3 is 0 Å². The van der Waals surface area contributed by atoms with Crippen LogP contribution in [0, 0.1) is 5.92 Å². The number of aryl methyl sites for hydroxylation is 1. The van der Waals surface area contributed by atoms with Crippen LogP contribution in [-0.2, 0) is 6.42 Å². The zero-order chi connectivity index (χ0) is 21.9. The third kappa shape index (κ3) is 4.40.